The molecular weight excluding hydrogens is 266 g/mol. The lowest BCUT2D eigenvalue weighted by Gasteiger charge is -2.10. The van der Waals surface area contributed by atoms with Gasteiger partial charge in [-0.25, -0.2) is 4.68 Å². The van der Waals surface area contributed by atoms with Crippen molar-refractivity contribution in [3.05, 3.63) is 35.5 Å². The molecule has 1 aromatic carbocycles. The molecule has 0 amide bonds. The lowest BCUT2D eigenvalue weighted by atomic mass is 10.2. The minimum absolute atomic E-state index is 0.661. The van der Waals surface area contributed by atoms with Crippen LogP contribution in [0, 0.1) is 6.92 Å². The van der Waals surface area contributed by atoms with Crippen molar-refractivity contribution < 1.29 is 9.47 Å². The van der Waals surface area contributed by atoms with Gasteiger partial charge in [0.05, 0.1) is 18.4 Å². The Labute approximate surface area is 124 Å². The van der Waals surface area contributed by atoms with Gasteiger partial charge in [0.15, 0.2) is 0 Å². The van der Waals surface area contributed by atoms with E-state index in [2.05, 4.69) is 10.4 Å². The summed E-state index contributed by atoms with van der Waals surface area (Å²) >= 11 is 0. The molecule has 0 radical (unpaired) electrons. The Morgan fingerprint density at radius 2 is 2.10 bits per heavy atom. The number of methoxy groups -OCH3 is 1. The summed E-state index contributed by atoms with van der Waals surface area (Å²) in [7, 11) is 3.56. The number of hydrogen-bond donors (Lipinski definition) is 1. The van der Waals surface area contributed by atoms with Crippen molar-refractivity contribution in [3.63, 3.8) is 0 Å². The monoisotopic (exact) mass is 287 g/mol. The van der Waals surface area contributed by atoms with E-state index in [1.807, 2.05) is 38.2 Å². The van der Waals surface area contributed by atoms with Gasteiger partial charge in [-0.2, -0.15) is 5.10 Å². The minimum atomic E-state index is 0.661. The molecule has 112 valence electrons. The molecule has 0 unspecified atom stereocenters. The SMILES string of the molecule is COc1cccc(Oc2c(CNC3CC3)c(C)nn2C)c1. The minimum Gasteiger partial charge on any atom is -0.497 e. The fourth-order valence-corrected chi connectivity index (χ4v) is 2.32. The predicted octanol–water partition coefficient (Wildman–Crippen LogP) is 2.78. The van der Waals surface area contributed by atoms with E-state index >= 15 is 0 Å². The van der Waals surface area contributed by atoms with E-state index in [0.717, 1.165) is 35.2 Å². The summed E-state index contributed by atoms with van der Waals surface area (Å²) in [5.74, 6) is 2.32. The number of benzene rings is 1. The van der Waals surface area contributed by atoms with Crippen molar-refractivity contribution in [3.8, 4) is 17.4 Å². The van der Waals surface area contributed by atoms with E-state index in [0.29, 0.717) is 6.04 Å². The van der Waals surface area contributed by atoms with Crippen LogP contribution in [0.25, 0.3) is 0 Å². The van der Waals surface area contributed by atoms with E-state index in [4.69, 9.17) is 9.47 Å². The molecule has 5 heteroatoms. The van der Waals surface area contributed by atoms with Crippen LogP contribution >= 0.6 is 0 Å². The fraction of sp³-hybridized carbons (Fsp3) is 0.438. The Bertz CT molecular complexity index is 632. The normalized spacial score (nSPS) is 14.2. The van der Waals surface area contributed by atoms with Gasteiger partial charge in [0.1, 0.15) is 11.5 Å². The molecular formula is C16H21N3O2. The summed E-state index contributed by atoms with van der Waals surface area (Å²) in [4.78, 5) is 0. The molecule has 0 atom stereocenters. The fourth-order valence-electron chi connectivity index (χ4n) is 2.32. The summed E-state index contributed by atoms with van der Waals surface area (Å²) in [6.45, 7) is 2.81. The average molecular weight is 287 g/mol. The molecule has 0 saturated heterocycles. The maximum absolute atomic E-state index is 6.04. The van der Waals surface area contributed by atoms with Gasteiger partial charge in [-0.05, 0) is 31.9 Å². The number of hydrogen-bond acceptors (Lipinski definition) is 4. The number of nitrogens with one attached hydrogen (secondary N) is 1. The van der Waals surface area contributed by atoms with Gasteiger partial charge < -0.3 is 14.8 Å². The van der Waals surface area contributed by atoms with Gasteiger partial charge >= 0.3 is 0 Å². The highest BCUT2D eigenvalue weighted by Gasteiger charge is 2.23. The summed E-state index contributed by atoms with van der Waals surface area (Å²) in [6.07, 6.45) is 2.54. The van der Waals surface area contributed by atoms with Crippen LogP contribution in [0.2, 0.25) is 0 Å². The van der Waals surface area contributed by atoms with Crippen molar-refractivity contribution in [2.45, 2.75) is 32.4 Å². The molecule has 3 rings (SSSR count). The first-order valence-corrected chi connectivity index (χ1v) is 7.25. The van der Waals surface area contributed by atoms with Crippen LogP contribution in [-0.4, -0.2) is 22.9 Å². The van der Waals surface area contributed by atoms with Gasteiger partial charge in [0, 0.05) is 25.7 Å². The third-order valence-electron chi connectivity index (χ3n) is 3.69. The maximum Gasteiger partial charge on any atom is 0.222 e. The van der Waals surface area contributed by atoms with E-state index in [-0.39, 0.29) is 0 Å². The van der Waals surface area contributed by atoms with E-state index < -0.39 is 0 Å². The quantitative estimate of drug-likeness (QED) is 0.887. The molecule has 1 saturated carbocycles. The van der Waals surface area contributed by atoms with Crippen LogP contribution in [0.4, 0.5) is 0 Å². The third kappa shape index (κ3) is 3.19. The molecule has 1 aliphatic carbocycles. The largest absolute Gasteiger partial charge is 0.497 e. The zero-order chi connectivity index (χ0) is 14.8. The van der Waals surface area contributed by atoms with Crippen LogP contribution in [0.1, 0.15) is 24.1 Å². The van der Waals surface area contributed by atoms with Crippen LogP contribution < -0.4 is 14.8 Å². The zero-order valence-electron chi connectivity index (χ0n) is 12.7. The summed E-state index contributed by atoms with van der Waals surface area (Å²) in [5.41, 5.74) is 2.12. The topological polar surface area (TPSA) is 48.3 Å². The summed E-state index contributed by atoms with van der Waals surface area (Å²) in [5, 5.41) is 7.99. The number of nitrogens with zero attached hydrogens (tertiary/aromatic N) is 2. The summed E-state index contributed by atoms with van der Waals surface area (Å²) in [6, 6.07) is 8.27. The molecule has 1 aliphatic rings. The lowest BCUT2D eigenvalue weighted by Crippen LogP contribution is -2.16. The van der Waals surface area contributed by atoms with Crippen LogP contribution in [-0.2, 0) is 13.6 Å². The molecule has 0 aliphatic heterocycles. The number of aryl methyl sites for hydroxylation is 2. The number of rotatable bonds is 6. The standard InChI is InChI=1S/C16H21N3O2/c1-11-15(10-17-12-7-8-12)16(19(2)18-11)21-14-6-4-5-13(9-14)20-3/h4-6,9,12,17H,7-8,10H2,1-3H3. The molecule has 0 bridgehead atoms. The molecule has 1 fully saturated rings. The second-order valence-corrected chi connectivity index (χ2v) is 5.43. The Balaban J connectivity index is 1.82. The second kappa shape index (κ2) is 5.77. The van der Waals surface area contributed by atoms with E-state index in [1.165, 1.54) is 12.8 Å². The summed E-state index contributed by atoms with van der Waals surface area (Å²) < 4.78 is 13.1. The zero-order valence-corrected chi connectivity index (χ0v) is 12.7. The second-order valence-electron chi connectivity index (χ2n) is 5.43. The van der Waals surface area contributed by atoms with Crippen molar-refractivity contribution in [2.24, 2.45) is 7.05 Å². The van der Waals surface area contributed by atoms with Gasteiger partial charge in [0.25, 0.3) is 0 Å². The Hall–Kier alpha value is -2.01. The first-order chi connectivity index (χ1) is 10.2. The predicted molar refractivity (Wildman–Crippen MR) is 80.9 cm³/mol. The Morgan fingerprint density at radius 3 is 2.81 bits per heavy atom. The molecule has 1 heterocycles. The van der Waals surface area contributed by atoms with Crippen molar-refractivity contribution in [1.29, 1.82) is 0 Å². The maximum atomic E-state index is 6.04. The van der Waals surface area contributed by atoms with Crippen LogP contribution in [0.5, 0.6) is 17.4 Å². The molecule has 0 spiro atoms. The van der Waals surface area contributed by atoms with Gasteiger partial charge in [0.2, 0.25) is 5.88 Å². The molecule has 1 aromatic heterocycles. The smallest absolute Gasteiger partial charge is 0.222 e. The molecule has 1 N–H and O–H groups in total. The van der Waals surface area contributed by atoms with Crippen molar-refractivity contribution >= 4 is 0 Å². The lowest BCUT2D eigenvalue weighted by molar-refractivity contribution is 0.400. The van der Waals surface area contributed by atoms with Crippen molar-refractivity contribution in [1.82, 2.24) is 15.1 Å². The first kappa shape index (κ1) is 13.9. The number of aromatic nitrogens is 2. The van der Waals surface area contributed by atoms with E-state index in [9.17, 15) is 0 Å². The van der Waals surface area contributed by atoms with Gasteiger partial charge in [-0.1, -0.05) is 6.07 Å². The average Bonchev–Trinajstić information content (AvgIpc) is 3.26. The molecule has 21 heavy (non-hydrogen) atoms. The molecule has 5 nitrogen and oxygen atoms in total. The van der Waals surface area contributed by atoms with Gasteiger partial charge in [-0.3, -0.25) is 0 Å². The number of ether oxygens (including phenoxy) is 2. The molecule has 2 aromatic rings. The Kier molecular flexibility index (Phi) is 3.84. The highest BCUT2D eigenvalue weighted by molar-refractivity contribution is 5.39. The van der Waals surface area contributed by atoms with Crippen LogP contribution in [0.3, 0.4) is 0 Å². The first-order valence-electron chi connectivity index (χ1n) is 7.25. The van der Waals surface area contributed by atoms with E-state index in [1.54, 1.807) is 11.8 Å². The third-order valence-corrected chi connectivity index (χ3v) is 3.69. The Morgan fingerprint density at radius 1 is 1.33 bits per heavy atom. The van der Waals surface area contributed by atoms with Gasteiger partial charge in [-0.15, -0.1) is 0 Å². The van der Waals surface area contributed by atoms with Crippen LogP contribution in [0.15, 0.2) is 24.3 Å². The highest BCUT2D eigenvalue weighted by Crippen LogP contribution is 2.30. The van der Waals surface area contributed by atoms with Crippen molar-refractivity contribution in [2.75, 3.05) is 7.11 Å². The highest BCUT2D eigenvalue weighted by atomic mass is 16.5.